The number of benzene rings is 1. The summed E-state index contributed by atoms with van der Waals surface area (Å²) in [6, 6.07) is 7.58. The van der Waals surface area contributed by atoms with Crippen molar-refractivity contribution in [2.45, 2.75) is 10.8 Å². The van der Waals surface area contributed by atoms with Crippen LogP contribution < -0.4 is 5.14 Å². The molecular weight excluding hydrogens is 347 g/mol. The van der Waals surface area contributed by atoms with Gasteiger partial charge in [-0.25, -0.2) is 17.9 Å². The molecule has 2 aromatic rings. The highest BCUT2D eigenvalue weighted by Gasteiger charge is 2.19. The summed E-state index contributed by atoms with van der Waals surface area (Å²) in [7, 11) is -4.08. The van der Waals surface area contributed by atoms with Gasteiger partial charge in [-0.3, -0.25) is 4.98 Å². The van der Waals surface area contributed by atoms with Crippen molar-refractivity contribution < 1.29 is 12.8 Å². The summed E-state index contributed by atoms with van der Waals surface area (Å²) in [5, 5.41) is 4.97. The molecule has 0 amide bonds. The van der Waals surface area contributed by atoms with E-state index in [0.717, 1.165) is 17.7 Å². The number of allylic oxidation sites excluding steroid dienone is 4. The SMILES string of the molecule is NS(=O)(=O)c1ccc(C2=CC(=S)C(c3cccnc3)C=C2)cc1F. The maximum absolute atomic E-state index is 14.0. The Kier molecular flexibility index (Phi) is 4.40. The molecule has 0 fully saturated rings. The first-order chi connectivity index (χ1) is 11.4. The van der Waals surface area contributed by atoms with E-state index >= 15 is 0 Å². The van der Waals surface area contributed by atoms with Crippen LogP contribution in [0.5, 0.6) is 0 Å². The fourth-order valence-electron chi connectivity index (χ4n) is 2.51. The lowest BCUT2D eigenvalue weighted by Gasteiger charge is -2.18. The standard InChI is InChI=1S/C17H13FN2O2S2/c18-15-8-11(4-6-17(15)24(19,21)22)12-3-5-14(16(23)9-12)13-2-1-7-20-10-13/h1-10,14H,(H2,19,21,22). The van der Waals surface area contributed by atoms with Gasteiger partial charge in [0.05, 0.1) is 0 Å². The molecule has 1 unspecified atom stereocenters. The fourth-order valence-corrected chi connectivity index (χ4v) is 3.44. The third-order valence-corrected chi connectivity index (χ3v) is 5.00. The first kappa shape index (κ1) is 16.6. The van der Waals surface area contributed by atoms with E-state index in [-0.39, 0.29) is 5.92 Å². The lowest BCUT2D eigenvalue weighted by Crippen LogP contribution is -2.14. The predicted molar refractivity (Wildman–Crippen MR) is 94.5 cm³/mol. The lowest BCUT2D eigenvalue weighted by molar-refractivity contribution is 0.568. The summed E-state index contributed by atoms with van der Waals surface area (Å²) in [4.78, 5) is 4.24. The number of nitrogens with zero attached hydrogens (tertiary/aromatic N) is 1. The molecule has 2 N–H and O–H groups in total. The second-order valence-corrected chi connectivity index (χ2v) is 7.32. The van der Waals surface area contributed by atoms with Crippen molar-refractivity contribution >= 4 is 32.7 Å². The van der Waals surface area contributed by atoms with Crippen molar-refractivity contribution in [3.05, 3.63) is 77.9 Å². The van der Waals surface area contributed by atoms with Crippen LogP contribution in [0.25, 0.3) is 5.57 Å². The normalized spacial score (nSPS) is 17.7. The molecule has 1 aliphatic rings. The Morgan fingerprint density at radius 3 is 2.62 bits per heavy atom. The molecule has 122 valence electrons. The quantitative estimate of drug-likeness (QED) is 0.854. The van der Waals surface area contributed by atoms with Gasteiger partial charge in [0.25, 0.3) is 0 Å². The van der Waals surface area contributed by atoms with Crippen LogP contribution in [0.2, 0.25) is 0 Å². The minimum absolute atomic E-state index is 0.0639. The fraction of sp³-hybridized carbons (Fsp3) is 0.0588. The van der Waals surface area contributed by atoms with Gasteiger partial charge in [-0.15, -0.1) is 0 Å². The third kappa shape index (κ3) is 3.33. The molecule has 1 aromatic heterocycles. The Morgan fingerprint density at radius 1 is 1.25 bits per heavy atom. The number of sulfonamides is 1. The summed E-state index contributed by atoms with van der Waals surface area (Å²) >= 11 is 5.44. The zero-order valence-electron chi connectivity index (χ0n) is 12.4. The van der Waals surface area contributed by atoms with Gasteiger partial charge < -0.3 is 0 Å². The summed E-state index contributed by atoms with van der Waals surface area (Å²) in [5.41, 5.74) is 2.22. The zero-order valence-corrected chi connectivity index (χ0v) is 14.0. The lowest BCUT2D eigenvalue weighted by atomic mass is 9.89. The van der Waals surface area contributed by atoms with Gasteiger partial charge in [-0.05, 0) is 41.0 Å². The largest absolute Gasteiger partial charge is 0.264 e. The molecule has 7 heteroatoms. The van der Waals surface area contributed by atoms with Crippen molar-refractivity contribution in [3.63, 3.8) is 0 Å². The van der Waals surface area contributed by atoms with Crippen LogP contribution in [0.4, 0.5) is 4.39 Å². The number of aromatic nitrogens is 1. The minimum Gasteiger partial charge on any atom is -0.264 e. The number of thiocarbonyl (C=S) groups is 1. The van der Waals surface area contributed by atoms with E-state index in [1.807, 2.05) is 24.3 Å². The van der Waals surface area contributed by atoms with Crippen LogP contribution in [-0.2, 0) is 10.0 Å². The molecular formula is C17H13FN2O2S2. The Morgan fingerprint density at radius 2 is 2.04 bits per heavy atom. The van der Waals surface area contributed by atoms with Crippen LogP contribution in [0.1, 0.15) is 17.0 Å². The maximum Gasteiger partial charge on any atom is 0.240 e. The molecule has 0 aliphatic heterocycles. The minimum atomic E-state index is -4.08. The van der Waals surface area contributed by atoms with Gasteiger partial charge in [-0.2, -0.15) is 0 Å². The number of primary sulfonamides is 1. The average Bonchev–Trinajstić information content (AvgIpc) is 2.54. The van der Waals surface area contributed by atoms with Gasteiger partial charge in [0, 0.05) is 23.2 Å². The molecule has 0 bridgehead atoms. The number of pyridine rings is 1. The van der Waals surface area contributed by atoms with Crippen LogP contribution in [0, 0.1) is 5.82 Å². The van der Waals surface area contributed by atoms with Crippen LogP contribution in [0.3, 0.4) is 0 Å². The number of nitrogens with two attached hydrogens (primary N) is 1. The van der Waals surface area contributed by atoms with Crippen molar-refractivity contribution in [3.8, 4) is 0 Å². The molecule has 1 aliphatic carbocycles. The van der Waals surface area contributed by atoms with E-state index in [1.165, 1.54) is 6.07 Å². The van der Waals surface area contributed by atoms with E-state index in [4.69, 9.17) is 17.4 Å². The predicted octanol–water partition coefficient (Wildman–Crippen LogP) is 2.98. The van der Waals surface area contributed by atoms with Crippen molar-refractivity contribution in [2.75, 3.05) is 0 Å². The molecule has 0 radical (unpaired) electrons. The summed E-state index contributed by atoms with van der Waals surface area (Å²) in [6.07, 6.45) is 8.97. The highest BCUT2D eigenvalue weighted by molar-refractivity contribution is 7.89. The number of hydrogen-bond donors (Lipinski definition) is 1. The van der Waals surface area contributed by atoms with Crippen LogP contribution in [0.15, 0.2) is 65.8 Å². The molecule has 3 rings (SSSR count). The van der Waals surface area contributed by atoms with E-state index in [2.05, 4.69) is 4.98 Å². The van der Waals surface area contributed by atoms with Crippen LogP contribution >= 0.6 is 12.2 Å². The van der Waals surface area contributed by atoms with Crippen LogP contribution in [-0.4, -0.2) is 18.3 Å². The summed E-state index contributed by atoms with van der Waals surface area (Å²) in [5.74, 6) is -0.949. The third-order valence-electron chi connectivity index (χ3n) is 3.69. The number of halogens is 1. The smallest absolute Gasteiger partial charge is 0.240 e. The Labute approximate surface area is 144 Å². The second-order valence-electron chi connectivity index (χ2n) is 5.32. The molecule has 0 saturated carbocycles. The monoisotopic (exact) mass is 360 g/mol. The second kappa shape index (κ2) is 6.35. The van der Waals surface area contributed by atoms with Crippen molar-refractivity contribution in [1.82, 2.24) is 4.98 Å². The molecule has 0 spiro atoms. The Hall–Kier alpha value is -2.22. The topological polar surface area (TPSA) is 73.1 Å². The molecule has 1 heterocycles. The van der Waals surface area contributed by atoms with E-state index < -0.39 is 20.7 Å². The molecule has 0 saturated heterocycles. The Balaban J connectivity index is 1.92. The van der Waals surface area contributed by atoms with Crippen molar-refractivity contribution in [1.29, 1.82) is 0 Å². The summed E-state index contributed by atoms with van der Waals surface area (Å²) in [6.45, 7) is 0. The highest BCUT2D eigenvalue weighted by Crippen LogP contribution is 2.30. The van der Waals surface area contributed by atoms with Gasteiger partial charge in [0.2, 0.25) is 10.0 Å². The van der Waals surface area contributed by atoms with Crippen molar-refractivity contribution in [2.24, 2.45) is 5.14 Å². The number of rotatable bonds is 3. The Bertz CT molecular complexity index is 967. The average molecular weight is 360 g/mol. The van der Waals surface area contributed by atoms with E-state index in [0.29, 0.717) is 16.0 Å². The molecule has 4 nitrogen and oxygen atoms in total. The molecule has 1 aromatic carbocycles. The van der Waals surface area contributed by atoms with E-state index in [1.54, 1.807) is 18.5 Å². The maximum atomic E-state index is 14.0. The number of hydrogen-bond acceptors (Lipinski definition) is 4. The van der Waals surface area contributed by atoms with Gasteiger partial charge >= 0.3 is 0 Å². The molecule has 1 atom stereocenters. The summed E-state index contributed by atoms with van der Waals surface area (Å²) < 4.78 is 36.5. The zero-order chi connectivity index (χ0) is 17.3. The first-order valence-corrected chi connectivity index (χ1v) is 8.98. The van der Waals surface area contributed by atoms with Gasteiger partial charge in [0.1, 0.15) is 10.7 Å². The van der Waals surface area contributed by atoms with E-state index in [9.17, 15) is 12.8 Å². The highest BCUT2D eigenvalue weighted by atomic mass is 32.2. The van der Waals surface area contributed by atoms with Gasteiger partial charge in [0.15, 0.2) is 0 Å². The van der Waals surface area contributed by atoms with Gasteiger partial charge in [-0.1, -0.05) is 36.5 Å². The molecule has 24 heavy (non-hydrogen) atoms. The first-order valence-electron chi connectivity index (χ1n) is 7.02.